The Bertz CT molecular complexity index is 1250. The number of fused-ring (bicyclic) bond motifs is 1. The molecular weight excluding hydrogens is 510 g/mol. The number of benzene rings is 3. The molecule has 206 valence electrons. The standard InChI is InChI=1S/C32H38ClN3O3/c1-25(37)36-19-9-18-34(23-26-10-4-3-5-11-26)20-21-35(24-28-22-29(33)16-17-30(28)36)32(38)15-8-13-27-12-6-7-14-31(27)39-2/h3-7,10-12,14,16-17,22H,8-9,13,15,18-21,23-24H2,1-2H3. The average Bonchev–Trinajstić information content (AvgIpc) is 2.97. The summed E-state index contributed by atoms with van der Waals surface area (Å²) in [4.78, 5) is 32.5. The lowest BCUT2D eigenvalue weighted by Gasteiger charge is -2.28. The molecule has 0 unspecified atom stereocenters. The number of halogens is 1. The molecule has 0 aromatic heterocycles. The van der Waals surface area contributed by atoms with Gasteiger partial charge in [-0.15, -0.1) is 0 Å². The Morgan fingerprint density at radius 2 is 1.69 bits per heavy atom. The van der Waals surface area contributed by atoms with E-state index in [-0.39, 0.29) is 11.8 Å². The second-order valence-corrected chi connectivity index (χ2v) is 10.5. The highest BCUT2D eigenvalue weighted by Crippen LogP contribution is 2.28. The molecule has 39 heavy (non-hydrogen) atoms. The zero-order valence-corrected chi connectivity index (χ0v) is 23.7. The van der Waals surface area contributed by atoms with Crippen molar-refractivity contribution in [3.8, 4) is 5.75 Å². The van der Waals surface area contributed by atoms with Crippen LogP contribution in [0.25, 0.3) is 0 Å². The molecule has 2 amide bonds. The van der Waals surface area contributed by atoms with Crippen LogP contribution in [0, 0.1) is 0 Å². The third kappa shape index (κ3) is 8.07. The molecule has 0 N–H and O–H groups in total. The molecule has 0 radical (unpaired) electrons. The molecule has 1 heterocycles. The highest BCUT2D eigenvalue weighted by atomic mass is 35.5. The van der Waals surface area contributed by atoms with Gasteiger partial charge in [-0.1, -0.05) is 60.1 Å². The van der Waals surface area contributed by atoms with E-state index >= 15 is 0 Å². The molecule has 3 aromatic rings. The first-order chi connectivity index (χ1) is 18.9. The summed E-state index contributed by atoms with van der Waals surface area (Å²) in [6.45, 7) is 5.61. The summed E-state index contributed by atoms with van der Waals surface area (Å²) in [6, 6.07) is 24.0. The van der Waals surface area contributed by atoms with E-state index in [1.54, 1.807) is 14.0 Å². The molecule has 7 heteroatoms. The van der Waals surface area contributed by atoms with Gasteiger partial charge in [0, 0.05) is 63.3 Å². The van der Waals surface area contributed by atoms with Crippen LogP contribution >= 0.6 is 11.6 Å². The van der Waals surface area contributed by atoms with Crippen molar-refractivity contribution < 1.29 is 14.3 Å². The van der Waals surface area contributed by atoms with Gasteiger partial charge in [0.25, 0.3) is 0 Å². The number of ether oxygens (including phenoxy) is 1. The Kier molecular flexibility index (Phi) is 10.4. The predicted octanol–water partition coefficient (Wildman–Crippen LogP) is 5.96. The predicted molar refractivity (Wildman–Crippen MR) is 157 cm³/mol. The fraction of sp³-hybridized carbons (Fsp3) is 0.375. The van der Waals surface area contributed by atoms with Crippen LogP contribution in [-0.2, 0) is 29.1 Å². The molecule has 0 saturated heterocycles. The van der Waals surface area contributed by atoms with Crippen molar-refractivity contribution in [3.05, 3.63) is 94.5 Å². The van der Waals surface area contributed by atoms with Gasteiger partial charge < -0.3 is 14.5 Å². The van der Waals surface area contributed by atoms with E-state index in [2.05, 4.69) is 29.2 Å². The number of para-hydroxylation sites is 1. The topological polar surface area (TPSA) is 53.1 Å². The van der Waals surface area contributed by atoms with Crippen LogP contribution in [0.15, 0.2) is 72.8 Å². The molecule has 0 bridgehead atoms. The number of aryl methyl sites for hydroxylation is 1. The number of carbonyl (C=O) groups excluding carboxylic acids is 2. The van der Waals surface area contributed by atoms with Crippen LogP contribution in [0.5, 0.6) is 5.75 Å². The second-order valence-electron chi connectivity index (χ2n) is 10.0. The van der Waals surface area contributed by atoms with Crippen LogP contribution < -0.4 is 9.64 Å². The number of hydrogen-bond acceptors (Lipinski definition) is 4. The molecule has 0 aliphatic carbocycles. The minimum Gasteiger partial charge on any atom is -0.496 e. The normalized spacial score (nSPS) is 14.8. The number of hydrogen-bond donors (Lipinski definition) is 0. The lowest BCUT2D eigenvalue weighted by Crippen LogP contribution is -2.38. The van der Waals surface area contributed by atoms with Gasteiger partial charge in [0.1, 0.15) is 5.75 Å². The van der Waals surface area contributed by atoms with Gasteiger partial charge in [0.05, 0.1) is 7.11 Å². The number of carbonyl (C=O) groups is 2. The van der Waals surface area contributed by atoms with Crippen LogP contribution in [0.1, 0.15) is 42.9 Å². The lowest BCUT2D eigenvalue weighted by molar-refractivity contribution is -0.132. The Morgan fingerprint density at radius 3 is 2.46 bits per heavy atom. The van der Waals surface area contributed by atoms with E-state index in [1.165, 1.54) is 5.56 Å². The maximum Gasteiger partial charge on any atom is 0.223 e. The number of anilines is 1. The Labute approximate surface area is 237 Å². The summed E-state index contributed by atoms with van der Waals surface area (Å²) in [6.07, 6.45) is 2.76. The van der Waals surface area contributed by atoms with Gasteiger partial charge in [0.2, 0.25) is 11.8 Å². The quantitative estimate of drug-likeness (QED) is 0.366. The van der Waals surface area contributed by atoms with Crippen molar-refractivity contribution in [2.75, 3.05) is 38.2 Å². The first kappa shape index (κ1) is 28.7. The minimum atomic E-state index is -0.0119. The summed E-state index contributed by atoms with van der Waals surface area (Å²) in [5, 5.41) is 0.599. The maximum atomic E-state index is 13.6. The van der Waals surface area contributed by atoms with Crippen LogP contribution in [0.2, 0.25) is 5.02 Å². The zero-order valence-electron chi connectivity index (χ0n) is 22.9. The minimum absolute atomic E-state index is 0.0119. The van der Waals surface area contributed by atoms with Crippen molar-refractivity contribution in [1.29, 1.82) is 0 Å². The highest BCUT2D eigenvalue weighted by molar-refractivity contribution is 6.30. The van der Waals surface area contributed by atoms with Gasteiger partial charge >= 0.3 is 0 Å². The molecule has 4 rings (SSSR count). The van der Waals surface area contributed by atoms with E-state index in [1.807, 2.05) is 58.3 Å². The van der Waals surface area contributed by atoms with E-state index in [0.29, 0.717) is 31.1 Å². The van der Waals surface area contributed by atoms with Gasteiger partial charge in [-0.2, -0.15) is 0 Å². The molecule has 0 atom stereocenters. The Hall–Kier alpha value is -3.35. The Balaban J connectivity index is 1.55. The van der Waals surface area contributed by atoms with E-state index in [9.17, 15) is 9.59 Å². The van der Waals surface area contributed by atoms with Crippen molar-refractivity contribution >= 4 is 29.1 Å². The largest absolute Gasteiger partial charge is 0.496 e. The fourth-order valence-electron chi connectivity index (χ4n) is 5.21. The third-order valence-electron chi connectivity index (χ3n) is 7.25. The fourth-order valence-corrected chi connectivity index (χ4v) is 5.41. The SMILES string of the molecule is COc1ccccc1CCCC(=O)N1CCN(Cc2ccccc2)CCCN(C(C)=O)c2ccc(Cl)cc2C1. The van der Waals surface area contributed by atoms with Crippen molar-refractivity contribution in [1.82, 2.24) is 9.80 Å². The third-order valence-corrected chi connectivity index (χ3v) is 7.48. The zero-order chi connectivity index (χ0) is 27.6. The summed E-state index contributed by atoms with van der Waals surface area (Å²) in [7, 11) is 1.67. The number of amides is 2. The molecule has 0 saturated carbocycles. The second kappa shape index (κ2) is 14.2. The van der Waals surface area contributed by atoms with Crippen LogP contribution in [0.4, 0.5) is 5.69 Å². The van der Waals surface area contributed by atoms with Crippen molar-refractivity contribution in [2.45, 2.75) is 45.7 Å². The van der Waals surface area contributed by atoms with E-state index in [4.69, 9.17) is 16.3 Å². The van der Waals surface area contributed by atoms with E-state index in [0.717, 1.165) is 61.5 Å². The van der Waals surface area contributed by atoms with Gasteiger partial charge in [-0.25, -0.2) is 0 Å². The first-order valence-electron chi connectivity index (χ1n) is 13.7. The smallest absolute Gasteiger partial charge is 0.223 e. The summed E-state index contributed by atoms with van der Waals surface area (Å²) < 4.78 is 5.48. The monoisotopic (exact) mass is 547 g/mol. The molecule has 3 aromatic carbocycles. The first-order valence-corrected chi connectivity index (χ1v) is 14.0. The molecule has 1 aliphatic heterocycles. The molecule has 1 aliphatic rings. The van der Waals surface area contributed by atoms with Gasteiger partial charge in [-0.3, -0.25) is 14.5 Å². The lowest BCUT2D eigenvalue weighted by atomic mass is 10.1. The number of nitrogens with zero attached hydrogens (tertiary/aromatic N) is 3. The summed E-state index contributed by atoms with van der Waals surface area (Å²) in [5.74, 6) is 0.941. The van der Waals surface area contributed by atoms with Crippen molar-refractivity contribution in [2.24, 2.45) is 0 Å². The number of methoxy groups -OCH3 is 1. The maximum absolute atomic E-state index is 13.6. The molecular formula is C32H38ClN3O3. The van der Waals surface area contributed by atoms with E-state index < -0.39 is 0 Å². The highest BCUT2D eigenvalue weighted by Gasteiger charge is 2.23. The molecule has 0 spiro atoms. The van der Waals surface area contributed by atoms with Crippen LogP contribution in [0.3, 0.4) is 0 Å². The Morgan fingerprint density at radius 1 is 0.923 bits per heavy atom. The number of rotatable bonds is 7. The average molecular weight is 548 g/mol. The molecule has 0 fully saturated rings. The van der Waals surface area contributed by atoms with Crippen molar-refractivity contribution in [3.63, 3.8) is 0 Å². The summed E-state index contributed by atoms with van der Waals surface area (Å²) in [5.41, 5.74) is 4.07. The van der Waals surface area contributed by atoms with Crippen LogP contribution in [-0.4, -0.2) is 54.9 Å². The van der Waals surface area contributed by atoms with Gasteiger partial charge in [0.15, 0.2) is 0 Å². The van der Waals surface area contributed by atoms with Gasteiger partial charge in [-0.05, 0) is 60.2 Å². The summed E-state index contributed by atoms with van der Waals surface area (Å²) >= 11 is 6.40. The molecule has 6 nitrogen and oxygen atoms in total.